The Morgan fingerprint density at radius 3 is 2.54 bits per heavy atom. The number of hydrogen-bond acceptors (Lipinski definition) is 2. The molecule has 2 aromatic heterocycles. The zero-order chi connectivity index (χ0) is 19.3. The van der Waals surface area contributed by atoms with E-state index in [1.165, 1.54) is 18.4 Å². The predicted octanol–water partition coefficient (Wildman–Crippen LogP) is 5.43. The van der Waals surface area contributed by atoms with E-state index in [2.05, 4.69) is 27.4 Å². The highest BCUT2D eigenvalue weighted by Crippen LogP contribution is 2.35. The fourth-order valence-electron chi connectivity index (χ4n) is 4.12. The van der Waals surface area contributed by atoms with E-state index in [-0.39, 0.29) is 5.91 Å². The monoisotopic (exact) mass is 393 g/mol. The predicted molar refractivity (Wildman–Crippen MR) is 113 cm³/mol. The molecule has 4 rings (SSSR count). The van der Waals surface area contributed by atoms with Crippen molar-refractivity contribution < 1.29 is 4.79 Å². The van der Waals surface area contributed by atoms with Crippen molar-refractivity contribution in [2.75, 3.05) is 6.54 Å². The lowest BCUT2D eigenvalue weighted by Crippen LogP contribution is -2.31. The zero-order valence-corrected chi connectivity index (χ0v) is 16.5. The molecule has 1 aliphatic rings. The minimum atomic E-state index is -0.0487. The minimum absolute atomic E-state index is 0.0487. The SMILES string of the molecule is O=C(NCC1CCC(c2ccncc2)CC1)c1c[nH]cc1-c1ccccc1Cl. The van der Waals surface area contributed by atoms with Crippen LogP contribution < -0.4 is 5.32 Å². The van der Waals surface area contributed by atoms with Gasteiger partial charge in [-0.1, -0.05) is 29.8 Å². The van der Waals surface area contributed by atoms with Gasteiger partial charge in [0.25, 0.3) is 5.91 Å². The summed E-state index contributed by atoms with van der Waals surface area (Å²) < 4.78 is 0. The van der Waals surface area contributed by atoms with E-state index in [1.807, 2.05) is 42.9 Å². The van der Waals surface area contributed by atoms with Crippen molar-refractivity contribution in [2.24, 2.45) is 5.92 Å². The topological polar surface area (TPSA) is 57.8 Å². The summed E-state index contributed by atoms with van der Waals surface area (Å²) >= 11 is 6.31. The van der Waals surface area contributed by atoms with Crippen molar-refractivity contribution in [1.29, 1.82) is 0 Å². The number of halogens is 1. The van der Waals surface area contributed by atoms with E-state index in [1.54, 1.807) is 6.20 Å². The number of aromatic nitrogens is 2. The third kappa shape index (κ3) is 4.12. The molecule has 144 valence electrons. The van der Waals surface area contributed by atoms with Crippen LogP contribution in [0.25, 0.3) is 11.1 Å². The summed E-state index contributed by atoms with van der Waals surface area (Å²) in [6, 6.07) is 11.8. The van der Waals surface area contributed by atoms with Gasteiger partial charge in [0.05, 0.1) is 5.56 Å². The molecule has 5 heteroatoms. The number of hydrogen-bond donors (Lipinski definition) is 2. The van der Waals surface area contributed by atoms with Crippen molar-refractivity contribution in [3.05, 3.63) is 77.3 Å². The summed E-state index contributed by atoms with van der Waals surface area (Å²) in [5, 5.41) is 3.77. The van der Waals surface area contributed by atoms with Crippen LogP contribution in [-0.2, 0) is 0 Å². The Hall–Kier alpha value is -2.59. The molecule has 0 unspecified atom stereocenters. The fourth-order valence-corrected chi connectivity index (χ4v) is 4.36. The Balaban J connectivity index is 1.34. The van der Waals surface area contributed by atoms with Gasteiger partial charge in [-0.2, -0.15) is 0 Å². The van der Waals surface area contributed by atoms with Gasteiger partial charge in [-0.25, -0.2) is 0 Å². The average molecular weight is 394 g/mol. The quantitative estimate of drug-likeness (QED) is 0.606. The summed E-state index contributed by atoms with van der Waals surface area (Å²) in [4.78, 5) is 19.9. The van der Waals surface area contributed by atoms with Crippen molar-refractivity contribution in [3.63, 3.8) is 0 Å². The third-order valence-corrected chi connectivity index (χ3v) is 6.06. The van der Waals surface area contributed by atoms with E-state index in [9.17, 15) is 4.79 Å². The summed E-state index contributed by atoms with van der Waals surface area (Å²) in [5.41, 5.74) is 3.73. The van der Waals surface area contributed by atoms with Gasteiger partial charge < -0.3 is 10.3 Å². The molecule has 2 heterocycles. The summed E-state index contributed by atoms with van der Waals surface area (Å²) in [5.74, 6) is 1.10. The number of amides is 1. The first-order valence-electron chi connectivity index (χ1n) is 9.82. The highest BCUT2D eigenvalue weighted by Gasteiger charge is 2.23. The van der Waals surface area contributed by atoms with Gasteiger partial charge in [-0.15, -0.1) is 0 Å². The van der Waals surface area contributed by atoms with E-state index in [4.69, 9.17) is 11.6 Å². The van der Waals surface area contributed by atoms with Gasteiger partial charge in [-0.05, 0) is 61.3 Å². The van der Waals surface area contributed by atoms with E-state index >= 15 is 0 Å². The summed E-state index contributed by atoms with van der Waals surface area (Å²) in [6.07, 6.45) is 11.9. The highest BCUT2D eigenvalue weighted by molar-refractivity contribution is 6.33. The standard InChI is InChI=1S/C23H24ClN3O/c24-22-4-2-1-3-19(22)20-14-26-15-21(20)23(28)27-13-16-5-7-17(8-6-16)18-9-11-25-12-10-18/h1-4,9-12,14-17,26H,5-8,13H2,(H,27,28). The number of nitrogens with zero attached hydrogens (tertiary/aromatic N) is 1. The average Bonchev–Trinajstić information content (AvgIpc) is 3.23. The van der Waals surface area contributed by atoms with Crippen molar-refractivity contribution in [1.82, 2.24) is 15.3 Å². The maximum absolute atomic E-state index is 12.8. The molecule has 28 heavy (non-hydrogen) atoms. The lowest BCUT2D eigenvalue weighted by Gasteiger charge is -2.28. The number of aromatic amines is 1. The lowest BCUT2D eigenvalue weighted by atomic mass is 9.79. The molecule has 1 aliphatic carbocycles. The largest absolute Gasteiger partial charge is 0.366 e. The number of benzene rings is 1. The Labute approximate surface area is 170 Å². The van der Waals surface area contributed by atoms with E-state index < -0.39 is 0 Å². The maximum atomic E-state index is 12.8. The first kappa shape index (κ1) is 18.8. The Morgan fingerprint density at radius 1 is 1.04 bits per heavy atom. The van der Waals surface area contributed by atoms with Crippen LogP contribution in [0, 0.1) is 5.92 Å². The van der Waals surface area contributed by atoms with E-state index in [0.717, 1.165) is 30.5 Å². The number of nitrogens with one attached hydrogen (secondary N) is 2. The molecule has 0 spiro atoms. The Bertz CT molecular complexity index is 930. The van der Waals surface area contributed by atoms with Crippen LogP contribution in [-0.4, -0.2) is 22.4 Å². The number of rotatable bonds is 5. The molecule has 1 fully saturated rings. The molecule has 0 atom stereocenters. The number of H-pyrrole nitrogens is 1. The van der Waals surface area contributed by atoms with Crippen LogP contribution in [0.1, 0.15) is 47.5 Å². The van der Waals surface area contributed by atoms with Crippen molar-refractivity contribution in [3.8, 4) is 11.1 Å². The molecule has 0 radical (unpaired) electrons. The first-order valence-corrected chi connectivity index (χ1v) is 10.2. The molecule has 1 saturated carbocycles. The molecular formula is C23H24ClN3O. The van der Waals surface area contributed by atoms with Gasteiger partial charge in [-0.3, -0.25) is 9.78 Å². The Morgan fingerprint density at radius 2 is 1.79 bits per heavy atom. The molecular weight excluding hydrogens is 370 g/mol. The van der Waals surface area contributed by atoms with Gasteiger partial charge in [0.15, 0.2) is 0 Å². The second-order valence-corrected chi connectivity index (χ2v) is 7.88. The first-order chi connectivity index (χ1) is 13.7. The molecule has 1 amide bonds. The van der Waals surface area contributed by atoms with Gasteiger partial charge >= 0.3 is 0 Å². The van der Waals surface area contributed by atoms with Gasteiger partial charge in [0.2, 0.25) is 0 Å². The van der Waals surface area contributed by atoms with Crippen LogP contribution in [0.4, 0.5) is 0 Å². The molecule has 0 bridgehead atoms. The normalized spacial score (nSPS) is 19.3. The number of pyridine rings is 1. The van der Waals surface area contributed by atoms with Crippen molar-refractivity contribution in [2.45, 2.75) is 31.6 Å². The van der Waals surface area contributed by atoms with Crippen LogP contribution in [0.15, 0.2) is 61.2 Å². The second kappa shape index (κ2) is 8.61. The number of carbonyl (C=O) groups is 1. The van der Waals surface area contributed by atoms with Gasteiger partial charge in [0, 0.05) is 47.5 Å². The van der Waals surface area contributed by atoms with Crippen molar-refractivity contribution >= 4 is 17.5 Å². The van der Waals surface area contributed by atoms with E-state index in [0.29, 0.717) is 22.4 Å². The maximum Gasteiger partial charge on any atom is 0.253 e. The van der Waals surface area contributed by atoms with Crippen LogP contribution in [0.2, 0.25) is 5.02 Å². The van der Waals surface area contributed by atoms with Crippen LogP contribution in [0.3, 0.4) is 0 Å². The zero-order valence-electron chi connectivity index (χ0n) is 15.7. The molecule has 0 aliphatic heterocycles. The highest BCUT2D eigenvalue weighted by atomic mass is 35.5. The smallest absolute Gasteiger partial charge is 0.253 e. The lowest BCUT2D eigenvalue weighted by molar-refractivity contribution is 0.0943. The molecule has 2 N–H and O–H groups in total. The Kier molecular flexibility index (Phi) is 5.77. The number of carbonyl (C=O) groups excluding carboxylic acids is 1. The molecule has 3 aromatic rings. The molecule has 1 aromatic carbocycles. The van der Waals surface area contributed by atoms with Crippen LogP contribution >= 0.6 is 11.6 Å². The molecule has 0 saturated heterocycles. The second-order valence-electron chi connectivity index (χ2n) is 7.47. The third-order valence-electron chi connectivity index (χ3n) is 5.73. The fraction of sp³-hybridized carbons (Fsp3) is 0.304. The minimum Gasteiger partial charge on any atom is -0.366 e. The summed E-state index contributed by atoms with van der Waals surface area (Å²) in [6.45, 7) is 0.717. The summed E-state index contributed by atoms with van der Waals surface area (Å²) in [7, 11) is 0. The van der Waals surface area contributed by atoms with Gasteiger partial charge in [0.1, 0.15) is 0 Å². The van der Waals surface area contributed by atoms with Crippen LogP contribution in [0.5, 0.6) is 0 Å². The molecule has 4 nitrogen and oxygen atoms in total.